The Morgan fingerprint density at radius 2 is 1.86 bits per heavy atom. The van der Waals surface area contributed by atoms with Gasteiger partial charge in [-0.25, -0.2) is 9.78 Å². The number of aromatic nitrogens is 2. The van der Waals surface area contributed by atoms with Crippen molar-refractivity contribution in [2.24, 2.45) is 5.92 Å². The third-order valence-electron chi connectivity index (χ3n) is 9.62. The van der Waals surface area contributed by atoms with Crippen LogP contribution in [0.1, 0.15) is 103 Å². The maximum Gasteiger partial charge on any atom is 0.392 e. The van der Waals surface area contributed by atoms with Crippen LogP contribution in [-0.4, -0.2) is 52.7 Å². The molecule has 4 fully saturated rings. The lowest BCUT2D eigenvalue weighted by Crippen LogP contribution is -2.45. The number of hydrogen-bond donors (Lipinski definition) is 1. The molecular weight excluding hydrogens is 571 g/mol. The molecule has 2 aliphatic carbocycles. The number of carboxylic acid groups (broad SMARTS) is 1. The highest BCUT2D eigenvalue weighted by Crippen LogP contribution is 2.50. The van der Waals surface area contributed by atoms with E-state index in [1.807, 2.05) is 0 Å². The molecule has 1 aromatic carbocycles. The van der Waals surface area contributed by atoms with Gasteiger partial charge in [0.05, 0.1) is 41.7 Å². The van der Waals surface area contributed by atoms with E-state index in [1.165, 1.54) is 24.5 Å². The molecule has 2 bridgehead atoms. The van der Waals surface area contributed by atoms with Crippen LogP contribution in [0.15, 0.2) is 16.7 Å². The van der Waals surface area contributed by atoms with Gasteiger partial charge in [-0.15, -0.1) is 0 Å². The molecule has 0 spiro atoms. The van der Waals surface area contributed by atoms with Crippen molar-refractivity contribution in [3.05, 3.63) is 34.7 Å². The summed E-state index contributed by atoms with van der Waals surface area (Å²) in [4.78, 5) is 18.8. The first-order valence-electron chi connectivity index (χ1n) is 14.9. The molecular formula is C30H34F3N3O5S. The Morgan fingerprint density at radius 3 is 2.52 bits per heavy atom. The fourth-order valence-corrected chi connectivity index (χ4v) is 8.61. The molecule has 2 aliphatic heterocycles. The van der Waals surface area contributed by atoms with E-state index in [-0.39, 0.29) is 42.7 Å². The van der Waals surface area contributed by atoms with Gasteiger partial charge in [-0.3, -0.25) is 0 Å². The van der Waals surface area contributed by atoms with Gasteiger partial charge in [-0.2, -0.15) is 13.2 Å². The van der Waals surface area contributed by atoms with E-state index >= 15 is 0 Å². The predicted molar refractivity (Wildman–Crippen MR) is 149 cm³/mol. The van der Waals surface area contributed by atoms with Crippen molar-refractivity contribution >= 4 is 32.7 Å². The van der Waals surface area contributed by atoms with E-state index in [1.54, 1.807) is 6.07 Å². The van der Waals surface area contributed by atoms with Crippen molar-refractivity contribution in [1.82, 2.24) is 10.1 Å². The Morgan fingerprint density at radius 1 is 1.12 bits per heavy atom. The molecule has 3 aromatic rings. The highest BCUT2D eigenvalue weighted by molar-refractivity contribution is 7.22. The minimum absolute atomic E-state index is 0.0270. The number of nitrogens with zero attached hydrogens (tertiary/aromatic N) is 3. The summed E-state index contributed by atoms with van der Waals surface area (Å²) >= 11 is 1.48. The van der Waals surface area contributed by atoms with Crippen molar-refractivity contribution in [3.8, 4) is 5.75 Å². The number of fused-ring (bicyclic) bond motifs is 3. The van der Waals surface area contributed by atoms with Crippen molar-refractivity contribution in [3.63, 3.8) is 0 Å². The molecule has 0 radical (unpaired) electrons. The van der Waals surface area contributed by atoms with Crippen LogP contribution in [0.2, 0.25) is 0 Å². The average molecular weight is 606 g/mol. The van der Waals surface area contributed by atoms with Crippen LogP contribution >= 0.6 is 11.3 Å². The minimum atomic E-state index is -4.26. The first kappa shape index (κ1) is 27.9. The number of rotatable bonds is 8. The molecule has 4 aliphatic rings. The standard InChI is InChI=1S/C30H34F3N3O5S/c1-39-23-10-16(28(37)38)11-24-26(23)34-29(42-24)36-17-8-9-18(36)13-19(12-17)40-14-21-25(35-41-27(21)15-6-7-15)20-4-2-3-5-22(20)30(31,32)33/h10-11,15,17-20,22H,2-9,12-14H2,1H3,(H,37,38)/t17?,18?,19?,20-,22-/m0/s1. The van der Waals surface area contributed by atoms with Crippen molar-refractivity contribution in [2.75, 3.05) is 12.0 Å². The van der Waals surface area contributed by atoms with Crippen molar-refractivity contribution < 1.29 is 37.1 Å². The normalized spacial score (nSPS) is 28.0. The first-order valence-corrected chi connectivity index (χ1v) is 15.7. The Hall–Kier alpha value is -2.86. The minimum Gasteiger partial charge on any atom is -0.494 e. The zero-order valence-electron chi connectivity index (χ0n) is 23.4. The van der Waals surface area contributed by atoms with E-state index in [0.717, 1.165) is 66.1 Å². The van der Waals surface area contributed by atoms with Crippen LogP contribution in [0, 0.1) is 5.92 Å². The maximum absolute atomic E-state index is 14.0. The van der Waals surface area contributed by atoms with Crippen LogP contribution in [0.5, 0.6) is 5.75 Å². The van der Waals surface area contributed by atoms with E-state index < -0.39 is 24.0 Å². The van der Waals surface area contributed by atoms with Gasteiger partial charge in [-0.1, -0.05) is 29.3 Å². The highest BCUT2D eigenvalue weighted by Gasteiger charge is 2.49. The summed E-state index contributed by atoms with van der Waals surface area (Å²) in [7, 11) is 1.51. The van der Waals surface area contributed by atoms with Gasteiger partial charge in [0.15, 0.2) is 5.13 Å². The zero-order valence-corrected chi connectivity index (χ0v) is 24.2. The van der Waals surface area contributed by atoms with Gasteiger partial charge >= 0.3 is 12.1 Å². The Kier molecular flexibility index (Phi) is 7.11. The SMILES string of the molecule is COc1cc(C(=O)O)cc2sc(N3C4CCC3CC(OCc3c([C@H]5CCCC[C@@H]5C(F)(F)F)noc3C3CC3)C4)nc12. The van der Waals surface area contributed by atoms with Crippen molar-refractivity contribution in [1.29, 1.82) is 0 Å². The summed E-state index contributed by atoms with van der Waals surface area (Å²) in [5.74, 6) is -1.68. The number of ether oxygens (including phenoxy) is 2. The molecule has 0 amide bonds. The summed E-state index contributed by atoms with van der Waals surface area (Å²) in [5.41, 5.74) is 2.04. The topological polar surface area (TPSA) is 97.9 Å². The Balaban J connectivity index is 1.09. The lowest BCUT2D eigenvalue weighted by atomic mass is 9.76. The van der Waals surface area contributed by atoms with Gasteiger partial charge in [0.1, 0.15) is 17.0 Å². The molecule has 1 N–H and O–H groups in total. The third-order valence-corrected chi connectivity index (χ3v) is 10.6. The van der Waals surface area contributed by atoms with E-state index in [2.05, 4.69) is 10.1 Å². The van der Waals surface area contributed by atoms with Crippen LogP contribution < -0.4 is 9.64 Å². The summed E-state index contributed by atoms with van der Waals surface area (Å²) < 4.78 is 60.3. The number of alkyl halides is 3. The van der Waals surface area contributed by atoms with Gasteiger partial charge in [0.2, 0.25) is 0 Å². The second-order valence-corrected chi connectivity index (χ2v) is 13.3. The van der Waals surface area contributed by atoms with Crippen LogP contribution in [0.3, 0.4) is 0 Å². The molecule has 2 saturated carbocycles. The predicted octanol–water partition coefficient (Wildman–Crippen LogP) is 7.42. The lowest BCUT2D eigenvalue weighted by Gasteiger charge is -2.38. The molecule has 8 nitrogen and oxygen atoms in total. The van der Waals surface area contributed by atoms with Gasteiger partial charge in [0, 0.05) is 29.5 Å². The third kappa shape index (κ3) is 5.04. The number of halogens is 3. The molecule has 2 unspecified atom stereocenters. The number of carboxylic acids is 1. The molecule has 4 atom stereocenters. The molecule has 12 heteroatoms. The average Bonchev–Trinajstić information content (AvgIpc) is 3.48. The number of benzene rings is 1. The number of anilines is 1. The molecule has 2 aromatic heterocycles. The first-order chi connectivity index (χ1) is 20.2. The molecule has 42 heavy (non-hydrogen) atoms. The molecule has 7 rings (SSSR count). The van der Waals surface area contributed by atoms with Crippen LogP contribution in [0.25, 0.3) is 10.2 Å². The fourth-order valence-electron chi connectivity index (χ4n) is 7.44. The van der Waals surface area contributed by atoms with Crippen molar-refractivity contribution in [2.45, 2.75) is 107 Å². The smallest absolute Gasteiger partial charge is 0.392 e. The largest absolute Gasteiger partial charge is 0.494 e. The summed E-state index contributed by atoms with van der Waals surface area (Å²) in [6.07, 6.45) is 3.19. The van der Waals surface area contributed by atoms with E-state index in [0.29, 0.717) is 29.8 Å². The number of aromatic carboxylic acids is 1. The molecule has 226 valence electrons. The highest BCUT2D eigenvalue weighted by atomic mass is 32.1. The van der Waals surface area contributed by atoms with Crippen LogP contribution in [-0.2, 0) is 11.3 Å². The Bertz CT molecular complexity index is 1470. The number of methoxy groups -OCH3 is 1. The number of thiazole rings is 1. The van der Waals surface area contributed by atoms with Gasteiger partial charge in [0.25, 0.3) is 0 Å². The Labute approximate surface area is 245 Å². The van der Waals surface area contributed by atoms with Gasteiger partial charge < -0.3 is 24.0 Å². The summed E-state index contributed by atoms with van der Waals surface area (Å²) in [5, 5.41) is 14.6. The lowest BCUT2D eigenvalue weighted by molar-refractivity contribution is -0.187. The second-order valence-electron chi connectivity index (χ2n) is 12.2. The summed E-state index contributed by atoms with van der Waals surface area (Å²) in [6, 6.07) is 3.58. The number of carbonyl (C=O) groups is 1. The molecule has 4 heterocycles. The van der Waals surface area contributed by atoms with E-state index in [9.17, 15) is 23.1 Å². The monoisotopic (exact) mass is 605 g/mol. The maximum atomic E-state index is 14.0. The summed E-state index contributed by atoms with van der Waals surface area (Å²) in [6.45, 7) is 0.228. The zero-order chi connectivity index (χ0) is 29.2. The van der Waals surface area contributed by atoms with Gasteiger partial charge in [-0.05, 0) is 63.5 Å². The second kappa shape index (κ2) is 10.7. The number of hydrogen-bond acceptors (Lipinski definition) is 8. The number of piperidine rings is 1. The molecule has 2 saturated heterocycles. The quantitative estimate of drug-likeness (QED) is 0.283. The fraction of sp³-hybridized carbons (Fsp3) is 0.633. The van der Waals surface area contributed by atoms with Crippen LogP contribution in [0.4, 0.5) is 18.3 Å². The van der Waals surface area contributed by atoms with E-state index in [4.69, 9.17) is 19.0 Å².